The van der Waals surface area contributed by atoms with Crippen molar-refractivity contribution in [1.82, 2.24) is 9.80 Å². The lowest BCUT2D eigenvalue weighted by atomic mass is 10.0. The van der Waals surface area contributed by atoms with Gasteiger partial charge < -0.3 is 19.1 Å². The first-order valence-electron chi connectivity index (χ1n) is 8.70. The quantitative estimate of drug-likeness (QED) is 0.824. The second kappa shape index (κ2) is 6.90. The maximum atomic E-state index is 12.4. The van der Waals surface area contributed by atoms with E-state index in [0.29, 0.717) is 44.3 Å². The van der Waals surface area contributed by atoms with E-state index >= 15 is 0 Å². The van der Waals surface area contributed by atoms with E-state index in [9.17, 15) is 10.1 Å². The number of carbonyl (C=O) groups is 1. The lowest BCUT2D eigenvalue weighted by Gasteiger charge is -2.37. The summed E-state index contributed by atoms with van der Waals surface area (Å²) < 4.78 is 16.2. The van der Waals surface area contributed by atoms with Gasteiger partial charge in [0.05, 0.1) is 6.07 Å². The molecule has 1 amide bonds. The molecular formula is C18H21N3O4. The Kier molecular flexibility index (Phi) is 4.47. The van der Waals surface area contributed by atoms with Crippen molar-refractivity contribution in [3.05, 3.63) is 23.8 Å². The number of nitrogens with zero attached hydrogens (tertiary/aromatic N) is 3. The highest BCUT2D eigenvalue weighted by Gasteiger charge is 2.32. The van der Waals surface area contributed by atoms with Crippen molar-refractivity contribution in [3.63, 3.8) is 0 Å². The number of ether oxygens (including phenoxy) is 3. The number of carbonyl (C=O) groups excluding carboxylic acids is 1. The van der Waals surface area contributed by atoms with Gasteiger partial charge in [-0.1, -0.05) is 6.07 Å². The first-order chi connectivity index (χ1) is 12.3. The van der Waals surface area contributed by atoms with Crippen LogP contribution < -0.4 is 9.47 Å². The summed E-state index contributed by atoms with van der Waals surface area (Å²) in [5, 5.41) is 9.66. The smallest absolute Gasteiger partial charge is 0.251 e. The molecule has 4 rings (SSSR count). The van der Waals surface area contributed by atoms with Gasteiger partial charge in [0.1, 0.15) is 12.1 Å². The zero-order chi connectivity index (χ0) is 17.2. The van der Waals surface area contributed by atoms with Crippen molar-refractivity contribution in [3.8, 4) is 17.6 Å². The normalized spacial score (nSPS) is 24.1. The number of benzene rings is 1. The third kappa shape index (κ3) is 3.15. The number of fused-ring (bicyclic) bond motifs is 1. The Bertz CT molecular complexity index is 688. The monoisotopic (exact) mass is 343 g/mol. The standard InChI is InChI=1S/C18H21N3O4/c19-11-14(13-3-4-15-17(10-13)25-12-24-15)20-5-7-21(8-6-20)18(22)16-2-1-9-23-16/h3-4,10,14,16H,1-2,5-9,12H2. The molecule has 0 aliphatic carbocycles. The van der Waals surface area contributed by atoms with Crippen LogP contribution in [-0.2, 0) is 9.53 Å². The molecule has 2 atom stereocenters. The summed E-state index contributed by atoms with van der Waals surface area (Å²) in [7, 11) is 0. The Labute approximate surface area is 146 Å². The Balaban J connectivity index is 1.40. The van der Waals surface area contributed by atoms with Gasteiger partial charge in [0, 0.05) is 32.8 Å². The van der Waals surface area contributed by atoms with E-state index in [-0.39, 0.29) is 24.8 Å². The van der Waals surface area contributed by atoms with E-state index in [2.05, 4.69) is 11.0 Å². The summed E-state index contributed by atoms with van der Waals surface area (Å²) in [6, 6.07) is 7.66. The van der Waals surface area contributed by atoms with Crippen LogP contribution in [0.4, 0.5) is 0 Å². The molecule has 0 aromatic heterocycles. The Morgan fingerprint density at radius 3 is 2.72 bits per heavy atom. The van der Waals surface area contributed by atoms with Crippen LogP contribution in [0.3, 0.4) is 0 Å². The van der Waals surface area contributed by atoms with Crippen LogP contribution in [0.5, 0.6) is 11.5 Å². The molecule has 0 spiro atoms. The van der Waals surface area contributed by atoms with E-state index in [4.69, 9.17) is 14.2 Å². The molecule has 0 N–H and O–H groups in total. The van der Waals surface area contributed by atoms with E-state index in [1.54, 1.807) is 0 Å². The molecule has 3 heterocycles. The molecule has 2 unspecified atom stereocenters. The summed E-state index contributed by atoms with van der Waals surface area (Å²) in [5.74, 6) is 1.49. The van der Waals surface area contributed by atoms with Crippen molar-refractivity contribution >= 4 is 5.91 Å². The van der Waals surface area contributed by atoms with E-state index in [1.807, 2.05) is 23.1 Å². The number of hydrogen-bond donors (Lipinski definition) is 0. The maximum Gasteiger partial charge on any atom is 0.251 e. The average molecular weight is 343 g/mol. The van der Waals surface area contributed by atoms with Gasteiger partial charge in [-0.05, 0) is 30.5 Å². The molecule has 25 heavy (non-hydrogen) atoms. The van der Waals surface area contributed by atoms with Crippen LogP contribution in [0.15, 0.2) is 18.2 Å². The van der Waals surface area contributed by atoms with Crippen LogP contribution in [-0.4, -0.2) is 61.4 Å². The van der Waals surface area contributed by atoms with E-state index < -0.39 is 0 Å². The molecule has 3 aliphatic rings. The largest absolute Gasteiger partial charge is 0.454 e. The van der Waals surface area contributed by atoms with Gasteiger partial charge in [-0.2, -0.15) is 5.26 Å². The summed E-state index contributed by atoms with van der Waals surface area (Å²) in [4.78, 5) is 16.4. The molecule has 0 radical (unpaired) electrons. The van der Waals surface area contributed by atoms with Crippen molar-refractivity contribution in [2.24, 2.45) is 0 Å². The lowest BCUT2D eigenvalue weighted by Crippen LogP contribution is -2.51. The fourth-order valence-corrected chi connectivity index (χ4v) is 3.63. The molecule has 0 bridgehead atoms. The van der Waals surface area contributed by atoms with Crippen LogP contribution in [0.2, 0.25) is 0 Å². The van der Waals surface area contributed by atoms with Crippen molar-refractivity contribution in [2.45, 2.75) is 25.0 Å². The van der Waals surface area contributed by atoms with Gasteiger partial charge in [-0.3, -0.25) is 9.69 Å². The molecule has 1 aromatic carbocycles. The summed E-state index contributed by atoms with van der Waals surface area (Å²) >= 11 is 0. The number of piperazine rings is 1. The van der Waals surface area contributed by atoms with Gasteiger partial charge in [-0.15, -0.1) is 0 Å². The van der Waals surface area contributed by atoms with E-state index in [0.717, 1.165) is 18.4 Å². The molecule has 3 aliphatic heterocycles. The minimum atomic E-state index is -0.352. The van der Waals surface area contributed by atoms with Gasteiger partial charge in [0.2, 0.25) is 6.79 Å². The van der Waals surface area contributed by atoms with Crippen LogP contribution >= 0.6 is 0 Å². The van der Waals surface area contributed by atoms with E-state index in [1.165, 1.54) is 0 Å². The Morgan fingerprint density at radius 1 is 1.20 bits per heavy atom. The zero-order valence-electron chi connectivity index (χ0n) is 14.0. The second-order valence-electron chi connectivity index (χ2n) is 6.51. The molecule has 0 saturated carbocycles. The highest BCUT2D eigenvalue weighted by Crippen LogP contribution is 2.35. The second-order valence-corrected chi connectivity index (χ2v) is 6.51. The number of amides is 1. The lowest BCUT2D eigenvalue weighted by molar-refractivity contribution is -0.142. The number of nitriles is 1. The molecule has 132 valence electrons. The van der Waals surface area contributed by atoms with Crippen molar-refractivity contribution in [1.29, 1.82) is 5.26 Å². The third-order valence-corrected chi connectivity index (χ3v) is 5.03. The minimum absolute atomic E-state index is 0.0914. The first kappa shape index (κ1) is 16.2. The van der Waals surface area contributed by atoms with Gasteiger partial charge in [0.25, 0.3) is 5.91 Å². The van der Waals surface area contributed by atoms with Crippen LogP contribution in [0.1, 0.15) is 24.4 Å². The summed E-state index contributed by atoms with van der Waals surface area (Å²) in [5.41, 5.74) is 0.894. The van der Waals surface area contributed by atoms with Gasteiger partial charge in [0.15, 0.2) is 11.5 Å². The summed E-state index contributed by atoms with van der Waals surface area (Å²) in [6.45, 7) is 3.50. The topological polar surface area (TPSA) is 75.0 Å². The van der Waals surface area contributed by atoms with Gasteiger partial charge >= 0.3 is 0 Å². The molecule has 2 saturated heterocycles. The van der Waals surface area contributed by atoms with Crippen LogP contribution in [0, 0.1) is 11.3 Å². The molecule has 1 aromatic rings. The predicted molar refractivity (Wildman–Crippen MR) is 88.0 cm³/mol. The molecule has 7 nitrogen and oxygen atoms in total. The highest BCUT2D eigenvalue weighted by molar-refractivity contribution is 5.81. The highest BCUT2D eigenvalue weighted by atomic mass is 16.7. The zero-order valence-corrected chi connectivity index (χ0v) is 14.0. The predicted octanol–water partition coefficient (Wildman–Crippen LogP) is 1.30. The number of rotatable bonds is 3. The third-order valence-electron chi connectivity index (χ3n) is 5.03. The van der Waals surface area contributed by atoms with Gasteiger partial charge in [-0.25, -0.2) is 0 Å². The Morgan fingerprint density at radius 2 is 2.00 bits per heavy atom. The molecule has 7 heteroatoms. The fraction of sp³-hybridized carbons (Fsp3) is 0.556. The SMILES string of the molecule is N#CC(c1ccc2c(c1)OCO2)N1CCN(C(=O)C2CCCO2)CC1. The van der Waals surface area contributed by atoms with Crippen molar-refractivity contribution in [2.75, 3.05) is 39.6 Å². The number of hydrogen-bond acceptors (Lipinski definition) is 6. The molecule has 2 fully saturated rings. The van der Waals surface area contributed by atoms with Crippen LogP contribution in [0.25, 0.3) is 0 Å². The minimum Gasteiger partial charge on any atom is -0.454 e. The average Bonchev–Trinajstić information content (AvgIpc) is 3.34. The van der Waals surface area contributed by atoms with Crippen molar-refractivity contribution < 1.29 is 19.0 Å². The maximum absolute atomic E-state index is 12.4. The summed E-state index contributed by atoms with van der Waals surface area (Å²) in [6.07, 6.45) is 1.50. The first-order valence-corrected chi connectivity index (χ1v) is 8.70. The molecular weight excluding hydrogens is 322 g/mol. The fourth-order valence-electron chi connectivity index (χ4n) is 3.63. The Hall–Kier alpha value is -2.30.